The van der Waals surface area contributed by atoms with E-state index in [9.17, 15) is 9.59 Å². The second-order valence-electron chi connectivity index (χ2n) is 4.61. The fraction of sp³-hybridized carbons (Fsp3) is 0.429. The maximum Gasteiger partial charge on any atom is 0.326 e. The van der Waals surface area contributed by atoms with Crippen LogP contribution in [0.1, 0.15) is 26.3 Å². The van der Waals surface area contributed by atoms with Crippen LogP contribution in [0.4, 0.5) is 0 Å². The Hall–Kier alpha value is -2.04. The first-order valence-corrected chi connectivity index (χ1v) is 6.14. The number of nitrogens with one attached hydrogen (secondary N) is 1. The quantitative estimate of drug-likeness (QED) is 0.819. The van der Waals surface area contributed by atoms with Crippen LogP contribution < -0.4 is 10.1 Å². The Bertz CT molecular complexity index is 439. The van der Waals surface area contributed by atoms with Crippen molar-refractivity contribution in [3.05, 3.63) is 29.8 Å². The van der Waals surface area contributed by atoms with E-state index in [-0.39, 0.29) is 18.4 Å². The van der Waals surface area contributed by atoms with Gasteiger partial charge in [0.25, 0.3) is 0 Å². The van der Waals surface area contributed by atoms with E-state index in [1.165, 1.54) is 6.92 Å². The first kappa shape index (κ1) is 15.0. The summed E-state index contributed by atoms with van der Waals surface area (Å²) in [5.41, 5.74) is 0.831. The van der Waals surface area contributed by atoms with E-state index in [0.29, 0.717) is 0 Å². The van der Waals surface area contributed by atoms with Crippen LogP contribution in [0.15, 0.2) is 24.3 Å². The van der Waals surface area contributed by atoms with Gasteiger partial charge in [0.2, 0.25) is 5.91 Å². The Labute approximate surface area is 112 Å². The van der Waals surface area contributed by atoms with Crippen molar-refractivity contribution >= 4 is 11.9 Å². The molecule has 1 aromatic rings. The Morgan fingerprint density at radius 3 is 2.26 bits per heavy atom. The summed E-state index contributed by atoms with van der Waals surface area (Å²) in [4.78, 5) is 21.9. The Morgan fingerprint density at radius 2 is 1.84 bits per heavy atom. The maximum absolute atomic E-state index is 11.0. The summed E-state index contributed by atoms with van der Waals surface area (Å²) in [5, 5.41) is 11.4. The zero-order valence-corrected chi connectivity index (χ0v) is 11.3. The summed E-state index contributed by atoms with van der Waals surface area (Å²) in [5.74, 6) is -0.657. The lowest BCUT2D eigenvalue weighted by atomic mass is 10.1. The number of carbonyl (C=O) groups is 2. The van der Waals surface area contributed by atoms with Crippen molar-refractivity contribution in [2.45, 2.75) is 39.3 Å². The highest BCUT2D eigenvalue weighted by Crippen LogP contribution is 2.15. The number of ether oxygens (including phenoxy) is 1. The number of hydrogen-bond acceptors (Lipinski definition) is 3. The molecular weight excluding hydrogens is 246 g/mol. The van der Waals surface area contributed by atoms with Gasteiger partial charge in [0, 0.05) is 13.3 Å². The van der Waals surface area contributed by atoms with Crippen LogP contribution in [0, 0.1) is 0 Å². The molecule has 1 rings (SSSR count). The largest absolute Gasteiger partial charge is 0.491 e. The van der Waals surface area contributed by atoms with Crippen molar-refractivity contribution in [2.24, 2.45) is 0 Å². The lowest BCUT2D eigenvalue weighted by molar-refractivity contribution is -0.141. The first-order valence-electron chi connectivity index (χ1n) is 6.14. The normalized spacial score (nSPS) is 12.0. The minimum absolute atomic E-state index is 0.0944. The standard InChI is InChI=1S/C14H19NO4/c1-9(2)19-12-6-4-11(5-7-12)8-13(14(17)18)15-10(3)16/h4-7,9,13H,8H2,1-3H3,(H,15,16)(H,17,18)/t13-/m1/s1. The van der Waals surface area contributed by atoms with Crippen LogP contribution in [0.5, 0.6) is 5.75 Å². The summed E-state index contributed by atoms with van der Waals surface area (Å²) in [7, 11) is 0. The molecule has 0 aromatic heterocycles. The van der Waals surface area contributed by atoms with E-state index >= 15 is 0 Å². The molecule has 104 valence electrons. The molecule has 5 heteroatoms. The van der Waals surface area contributed by atoms with Crippen molar-refractivity contribution in [1.82, 2.24) is 5.32 Å². The molecule has 0 saturated carbocycles. The zero-order valence-electron chi connectivity index (χ0n) is 11.3. The topological polar surface area (TPSA) is 75.6 Å². The van der Waals surface area contributed by atoms with Gasteiger partial charge in [-0.25, -0.2) is 4.79 Å². The van der Waals surface area contributed by atoms with Crippen LogP contribution in [0.3, 0.4) is 0 Å². The van der Waals surface area contributed by atoms with Gasteiger partial charge in [-0.1, -0.05) is 12.1 Å². The van der Waals surface area contributed by atoms with Gasteiger partial charge in [-0.2, -0.15) is 0 Å². The minimum Gasteiger partial charge on any atom is -0.491 e. The number of hydrogen-bond donors (Lipinski definition) is 2. The average Bonchev–Trinajstić information content (AvgIpc) is 2.29. The number of amides is 1. The van der Waals surface area contributed by atoms with Crippen LogP contribution in [-0.2, 0) is 16.0 Å². The van der Waals surface area contributed by atoms with Gasteiger partial charge in [-0.05, 0) is 31.5 Å². The van der Waals surface area contributed by atoms with Crippen molar-refractivity contribution in [1.29, 1.82) is 0 Å². The highest BCUT2D eigenvalue weighted by molar-refractivity contribution is 5.82. The summed E-state index contributed by atoms with van der Waals surface area (Å²) < 4.78 is 5.50. The Morgan fingerprint density at radius 1 is 1.26 bits per heavy atom. The van der Waals surface area contributed by atoms with E-state index < -0.39 is 12.0 Å². The van der Waals surface area contributed by atoms with E-state index in [2.05, 4.69) is 5.32 Å². The third-order valence-electron chi connectivity index (χ3n) is 2.41. The minimum atomic E-state index is -1.04. The van der Waals surface area contributed by atoms with E-state index in [0.717, 1.165) is 11.3 Å². The van der Waals surface area contributed by atoms with E-state index in [1.807, 2.05) is 13.8 Å². The van der Waals surface area contributed by atoms with Gasteiger partial charge in [-0.15, -0.1) is 0 Å². The first-order chi connectivity index (χ1) is 8.88. The Balaban J connectivity index is 2.69. The molecule has 0 spiro atoms. The van der Waals surface area contributed by atoms with Crippen molar-refractivity contribution < 1.29 is 19.4 Å². The number of carbonyl (C=O) groups excluding carboxylic acids is 1. The molecule has 0 heterocycles. The monoisotopic (exact) mass is 265 g/mol. The smallest absolute Gasteiger partial charge is 0.326 e. The predicted molar refractivity (Wildman–Crippen MR) is 71.2 cm³/mol. The van der Waals surface area contributed by atoms with Crippen LogP contribution >= 0.6 is 0 Å². The molecule has 1 amide bonds. The van der Waals surface area contributed by atoms with Gasteiger partial charge < -0.3 is 15.2 Å². The van der Waals surface area contributed by atoms with Crippen LogP contribution in [0.2, 0.25) is 0 Å². The highest BCUT2D eigenvalue weighted by atomic mass is 16.5. The molecule has 1 atom stereocenters. The summed E-state index contributed by atoms with van der Waals surface area (Å²) in [6.45, 7) is 5.17. The van der Waals surface area contributed by atoms with Gasteiger partial charge >= 0.3 is 5.97 Å². The molecule has 0 bridgehead atoms. The molecule has 2 N–H and O–H groups in total. The fourth-order valence-corrected chi connectivity index (χ4v) is 1.66. The molecule has 0 unspecified atom stereocenters. The number of carboxylic acid groups (broad SMARTS) is 1. The Kier molecular flexibility index (Phi) is 5.36. The fourth-order valence-electron chi connectivity index (χ4n) is 1.66. The second kappa shape index (κ2) is 6.78. The second-order valence-corrected chi connectivity index (χ2v) is 4.61. The molecule has 0 fully saturated rings. The lowest BCUT2D eigenvalue weighted by Crippen LogP contribution is -2.41. The number of benzene rings is 1. The van der Waals surface area contributed by atoms with Crippen LogP contribution in [0.25, 0.3) is 0 Å². The van der Waals surface area contributed by atoms with Gasteiger partial charge in [0.1, 0.15) is 11.8 Å². The number of carboxylic acids is 1. The van der Waals surface area contributed by atoms with Crippen molar-refractivity contribution in [2.75, 3.05) is 0 Å². The molecule has 19 heavy (non-hydrogen) atoms. The van der Waals surface area contributed by atoms with Crippen molar-refractivity contribution in [3.63, 3.8) is 0 Å². The van der Waals surface area contributed by atoms with E-state index in [1.54, 1.807) is 24.3 Å². The summed E-state index contributed by atoms with van der Waals surface area (Å²) in [6.07, 6.45) is 0.341. The average molecular weight is 265 g/mol. The third kappa shape index (κ3) is 5.42. The van der Waals surface area contributed by atoms with E-state index in [4.69, 9.17) is 9.84 Å². The summed E-state index contributed by atoms with van der Waals surface area (Å²) >= 11 is 0. The van der Waals surface area contributed by atoms with Gasteiger partial charge in [-0.3, -0.25) is 4.79 Å². The number of aliphatic carboxylic acids is 1. The van der Waals surface area contributed by atoms with Gasteiger partial charge in [0.15, 0.2) is 0 Å². The van der Waals surface area contributed by atoms with Gasteiger partial charge in [0.05, 0.1) is 6.10 Å². The molecular formula is C14H19NO4. The SMILES string of the molecule is CC(=O)N[C@H](Cc1ccc(OC(C)C)cc1)C(=O)O. The molecule has 1 aromatic carbocycles. The van der Waals surface area contributed by atoms with Crippen LogP contribution in [-0.4, -0.2) is 29.1 Å². The molecule has 0 radical (unpaired) electrons. The maximum atomic E-state index is 11.0. The molecule has 0 aliphatic heterocycles. The molecule has 0 aliphatic carbocycles. The molecule has 0 aliphatic rings. The lowest BCUT2D eigenvalue weighted by Gasteiger charge is -2.14. The third-order valence-corrected chi connectivity index (χ3v) is 2.41. The molecule has 0 saturated heterocycles. The highest BCUT2D eigenvalue weighted by Gasteiger charge is 2.18. The number of rotatable bonds is 6. The summed E-state index contributed by atoms with van der Waals surface area (Å²) in [6, 6.07) is 6.28. The zero-order chi connectivity index (χ0) is 14.4. The predicted octanol–water partition coefficient (Wildman–Crippen LogP) is 1.61. The molecule has 5 nitrogen and oxygen atoms in total. The van der Waals surface area contributed by atoms with Crippen molar-refractivity contribution in [3.8, 4) is 5.75 Å².